The van der Waals surface area contributed by atoms with Gasteiger partial charge in [0, 0.05) is 36.6 Å². The van der Waals surface area contributed by atoms with Crippen LogP contribution in [0.25, 0.3) is 0 Å². The smallest absolute Gasteiger partial charge is 0.253 e. The number of nitrogens with zero attached hydrogens (tertiary/aromatic N) is 3. The molecule has 1 aromatic heterocycles. The monoisotopic (exact) mass is 398 g/mol. The second kappa shape index (κ2) is 8.26. The summed E-state index contributed by atoms with van der Waals surface area (Å²) in [6.07, 6.45) is 4.73. The molecule has 1 amide bonds. The Morgan fingerprint density at radius 2 is 1.86 bits per heavy atom. The van der Waals surface area contributed by atoms with E-state index >= 15 is 0 Å². The van der Waals surface area contributed by atoms with Crippen molar-refractivity contribution < 1.29 is 13.2 Å². The molecule has 0 aliphatic carbocycles. The highest BCUT2D eigenvalue weighted by molar-refractivity contribution is 7.92. The molecule has 0 aliphatic rings. The first kappa shape index (κ1) is 19.6. The second-order valence-electron chi connectivity index (χ2n) is 6.65. The van der Waals surface area contributed by atoms with Gasteiger partial charge < -0.3 is 4.90 Å². The summed E-state index contributed by atoms with van der Waals surface area (Å²) in [7, 11) is -1.70. The highest BCUT2D eigenvalue weighted by atomic mass is 32.2. The number of sulfonamides is 1. The molecule has 8 heteroatoms. The third-order valence-corrected chi connectivity index (χ3v) is 4.66. The molecule has 1 heterocycles. The van der Waals surface area contributed by atoms with Crippen LogP contribution in [-0.4, -0.2) is 42.3 Å². The molecule has 0 atom stereocenters. The first-order valence-electron chi connectivity index (χ1n) is 8.69. The molecule has 7 nitrogen and oxygen atoms in total. The van der Waals surface area contributed by atoms with Gasteiger partial charge in [0.2, 0.25) is 10.0 Å². The molecule has 0 bridgehead atoms. The molecule has 1 N–H and O–H groups in total. The second-order valence-corrected chi connectivity index (χ2v) is 8.40. The van der Waals surface area contributed by atoms with Gasteiger partial charge in [-0.3, -0.25) is 14.2 Å². The SMILES string of the molecule is CN(Cc1cnn(Cc2ccccc2)c1)C(=O)c1cccc(NS(C)(=O)=O)c1. The summed E-state index contributed by atoms with van der Waals surface area (Å²) in [5.41, 5.74) is 2.83. The number of nitrogens with one attached hydrogen (secondary N) is 1. The van der Waals surface area contributed by atoms with Crippen LogP contribution in [-0.2, 0) is 23.1 Å². The lowest BCUT2D eigenvalue weighted by Gasteiger charge is -2.17. The van der Waals surface area contributed by atoms with Gasteiger partial charge in [0.1, 0.15) is 0 Å². The van der Waals surface area contributed by atoms with Crippen molar-refractivity contribution >= 4 is 21.6 Å². The normalized spacial score (nSPS) is 11.2. The number of carbonyl (C=O) groups is 1. The fourth-order valence-corrected chi connectivity index (χ4v) is 3.40. The summed E-state index contributed by atoms with van der Waals surface area (Å²) in [6, 6.07) is 16.4. The minimum atomic E-state index is -3.40. The molecule has 0 spiro atoms. The van der Waals surface area contributed by atoms with E-state index in [1.165, 1.54) is 6.07 Å². The number of anilines is 1. The van der Waals surface area contributed by atoms with Crippen molar-refractivity contribution in [1.82, 2.24) is 14.7 Å². The van der Waals surface area contributed by atoms with Gasteiger partial charge in [-0.05, 0) is 23.8 Å². The third kappa shape index (κ3) is 5.43. The van der Waals surface area contributed by atoms with Crippen LogP contribution in [0.2, 0.25) is 0 Å². The molecular formula is C20H22N4O3S. The van der Waals surface area contributed by atoms with Crippen LogP contribution in [0.4, 0.5) is 5.69 Å². The number of hydrogen-bond acceptors (Lipinski definition) is 4. The molecule has 0 aliphatic heterocycles. The predicted octanol–water partition coefficient (Wildman–Crippen LogP) is 2.58. The maximum atomic E-state index is 12.7. The van der Waals surface area contributed by atoms with Crippen molar-refractivity contribution in [2.24, 2.45) is 0 Å². The fraction of sp³-hybridized carbons (Fsp3) is 0.200. The lowest BCUT2D eigenvalue weighted by Crippen LogP contribution is -2.26. The average molecular weight is 398 g/mol. The van der Waals surface area contributed by atoms with Gasteiger partial charge in [-0.1, -0.05) is 36.4 Å². The van der Waals surface area contributed by atoms with Gasteiger partial charge in [-0.25, -0.2) is 8.42 Å². The molecule has 0 saturated carbocycles. The Bertz CT molecular complexity index is 1060. The molecule has 0 unspecified atom stereocenters. The van der Waals surface area contributed by atoms with E-state index in [1.54, 1.807) is 36.3 Å². The van der Waals surface area contributed by atoms with Crippen LogP contribution < -0.4 is 4.72 Å². The summed E-state index contributed by atoms with van der Waals surface area (Å²) >= 11 is 0. The lowest BCUT2D eigenvalue weighted by molar-refractivity contribution is 0.0785. The quantitative estimate of drug-likeness (QED) is 0.663. The van der Waals surface area contributed by atoms with Gasteiger partial charge in [0.15, 0.2) is 0 Å². The number of amides is 1. The lowest BCUT2D eigenvalue weighted by atomic mass is 10.1. The Morgan fingerprint density at radius 1 is 1.11 bits per heavy atom. The first-order chi connectivity index (χ1) is 13.3. The van der Waals surface area contributed by atoms with Crippen molar-refractivity contribution in [3.05, 3.63) is 83.7 Å². The molecule has 3 aromatic rings. The topological polar surface area (TPSA) is 84.3 Å². The van der Waals surface area contributed by atoms with Crippen LogP contribution in [0.1, 0.15) is 21.5 Å². The standard InChI is InChI=1S/C20H22N4O3S/c1-23(20(25)18-9-6-10-19(11-18)22-28(2,26)27)13-17-12-21-24(15-17)14-16-7-4-3-5-8-16/h3-12,15,22H,13-14H2,1-2H3. The summed E-state index contributed by atoms with van der Waals surface area (Å²) < 4.78 is 27.0. The Hall–Kier alpha value is -3.13. The zero-order chi connectivity index (χ0) is 20.1. The van der Waals surface area contributed by atoms with Gasteiger partial charge in [-0.2, -0.15) is 5.10 Å². The molecule has 0 fully saturated rings. The van der Waals surface area contributed by atoms with Crippen LogP contribution in [0.3, 0.4) is 0 Å². The zero-order valence-electron chi connectivity index (χ0n) is 15.7. The van der Waals surface area contributed by atoms with E-state index in [4.69, 9.17) is 0 Å². The third-order valence-electron chi connectivity index (χ3n) is 4.05. The summed E-state index contributed by atoms with van der Waals surface area (Å²) in [6.45, 7) is 1.06. The highest BCUT2D eigenvalue weighted by Gasteiger charge is 2.14. The predicted molar refractivity (Wildman–Crippen MR) is 108 cm³/mol. The maximum absolute atomic E-state index is 12.7. The van der Waals surface area contributed by atoms with E-state index in [9.17, 15) is 13.2 Å². The van der Waals surface area contributed by atoms with Gasteiger partial charge in [-0.15, -0.1) is 0 Å². The van der Waals surface area contributed by atoms with E-state index in [0.29, 0.717) is 24.3 Å². The summed E-state index contributed by atoms with van der Waals surface area (Å²) in [5.74, 6) is -0.201. The molecular weight excluding hydrogens is 376 g/mol. The van der Waals surface area contributed by atoms with E-state index in [-0.39, 0.29) is 5.91 Å². The van der Waals surface area contributed by atoms with Crippen molar-refractivity contribution in [3.63, 3.8) is 0 Å². The van der Waals surface area contributed by atoms with Crippen LogP contribution in [0.5, 0.6) is 0 Å². The molecule has 28 heavy (non-hydrogen) atoms. The first-order valence-corrected chi connectivity index (χ1v) is 10.6. The molecule has 146 valence electrons. The van der Waals surface area contributed by atoms with Crippen LogP contribution >= 0.6 is 0 Å². The summed E-state index contributed by atoms with van der Waals surface area (Å²) in [4.78, 5) is 14.3. The minimum Gasteiger partial charge on any atom is -0.337 e. The van der Waals surface area contributed by atoms with E-state index in [0.717, 1.165) is 17.4 Å². The van der Waals surface area contributed by atoms with Gasteiger partial charge in [0.05, 0.1) is 19.0 Å². The van der Waals surface area contributed by atoms with Crippen molar-refractivity contribution in [2.45, 2.75) is 13.1 Å². The molecule has 0 radical (unpaired) electrons. The van der Waals surface area contributed by atoms with Crippen LogP contribution in [0, 0.1) is 0 Å². The highest BCUT2D eigenvalue weighted by Crippen LogP contribution is 2.15. The average Bonchev–Trinajstić information content (AvgIpc) is 3.07. The van der Waals surface area contributed by atoms with E-state index in [1.807, 2.05) is 41.2 Å². The largest absolute Gasteiger partial charge is 0.337 e. The Labute approximate surface area is 164 Å². The Morgan fingerprint density at radius 3 is 2.57 bits per heavy atom. The molecule has 0 saturated heterocycles. The van der Waals surface area contributed by atoms with Crippen molar-refractivity contribution in [1.29, 1.82) is 0 Å². The van der Waals surface area contributed by atoms with Crippen molar-refractivity contribution in [3.8, 4) is 0 Å². The van der Waals surface area contributed by atoms with E-state index in [2.05, 4.69) is 9.82 Å². The number of hydrogen-bond donors (Lipinski definition) is 1. The number of aromatic nitrogens is 2. The minimum absolute atomic E-state index is 0.201. The van der Waals surface area contributed by atoms with Gasteiger partial charge in [0.25, 0.3) is 5.91 Å². The Balaban J connectivity index is 1.65. The maximum Gasteiger partial charge on any atom is 0.253 e. The number of benzene rings is 2. The van der Waals surface area contributed by atoms with Gasteiger partial charge >= 0.3 is 0 Å². The fourth-order valence-electron chi connectivity index (χ4n) is 2.84. The number of rotatable bonds is 7. The number of carbonyl (C=O) groups excluding carboxylic acids is 1. The Kier molecular flexibility index (Phi) is 5.79. The van der Waals surface area contributed by atoms with E-state index < -0.39 is 10.0 Å². The summed E-state index contributed by atoms with van der Waals surface area (Å²) in [5, 5.41) is 4.35. The van der Waals surface area contributed by atoms with Crippen molar-refractivity contribution in [2.75, 3.05) is 18.0 Å². The zero-order valence-corrected chi connectivity index (χ0v) is 16.6. The molecule has 3 rings (SSSR count). The van der Waals surface area contributed by atoms with Crippen LogP contribution in [0.15, 0.2) is 67.0 Å². The molecule has 2 aromatic carbocycles.